The van der Waals surface area contributed by atoms with Crippen LogP contribution < -0.4 is 4.90 Å². The first-order valence-corrected chi connectivity index (χ1v) is 8.04. The van der Waals surface area contributed by atoms with Gasteiger partial charge in [0.2, 0.25) is 0 Å². The summed E-state index contributed by atoms with van der Waals surface area (Å²) in [5.74, 6) is 3.31. The topological polar surface area (TPSA) is 41.3 Å². The van der Waals surface area contributed by atoms with E-state index in [1.165, 1.54) is 0 Å². The van der Waals surface area contributed by atoms with Crippen molar-refractivity contribution in [2.75, 3.05) is 29.5 Å². The van der Waals surface area contributed by atoms with Crippen LogP contribution >= 0.6 is 11.8 Å². The van der Waals surface area contributed by atoms with E-state index in [-0.39, 0.29) is 6.61 Å². The van der Waals surface area contributed by atoms with Crippen molar-refractivity contribution in [3.8, 4) is 5.69 Å². The van der Waals surface area contributed by atoms with Crippen LogP contribution in [0.25, 0.3) is 5.69 Å². The summed E-state index contributed by atoms with van der Waals surface area (Å²) in [5, 5.41) is 14.3. The van der Waals surface area contributed by atoms with Gasteiger partial charge in [0.1, 0.15) is 5.82 Å². The molecule has 0 amide bonds. The van der Waals surface area contributed by atoms with Gasteiger partial charge in [0.15, 0.2) is 0 Å². The first-order valence-electron chi connectivity index (χ1n) is 6.88. The summed E-state index contributed by atoms with van der Waals surface area (Å²) in [6.07, 6.45) is 0. The van der Waals surface area contributed by atoms with Crippen LogP contribution in [0.1, 0.15) is 11.3 Å². The average molecular weight is 289 g/mol. The Morgan fingerprint density at radius 3 is 2.55 bits per heavy atom. The Labute approximate surface area is 123 Å². The molecule has 20 heavy (non-hydrogen) atoms. The summed E-state index contributed by atoms with van der Waals surface area (Å²) in [5.41, 5.74) is 2.90. The number of hydrogen-bond donors (Lipinski definition) is 1. The first-order chi connectivity index (χ1) is 9.81. The maximum Gasteiger partial charge on any atom is 0.138 e. The van der Waals surface area contributed by atoms with Crippen LogP contribution in [-0.2, 0) is 6.61 Å². The molecule has 0 atom stereocenters. The Balaban J connectivity index is 2.09. The lowest BCUT2D eigenvalue weighted by atomic mass is 10.2. The van der Waals surface area contributed by atoms with Crippen molar-refractivity contribution in [3.05, 3.63) is 41.6 Å². The molecular weight excluding hydrogens is 270 g/mol. The summed E-state index contributed by atoms with van der Waals surface area (Å²) >= 11 is 1.98. The van der Waals surface area contributed by atoms with E-state index in [2.05, 4.69) is 22.1 Å². The summed E-state index contributed by atoms with van der Waals surface area (Å²) < 4.78 is 1.97. The van der Waals surface area contributed by atoms with Gasteiger partial charge < -0.3 is 10.0 Å². The monoisotopic (exact) mass is 289 g/mol. The van der Waals surface area contributed by atoms with Crippen molar-refractivity contribution in [2.24, 2.45) is 0 Å². The number of rotatable bonds is 3. The lowest BCUT2D eigenvalue weighted by Gasteiger charge is -2.29. The highest BCUT2D eigenvalue weighted by Gasteiger charge is 2.22. The molecule has 1 aromatic carbocycles. The number of aliphatic hydroxyl groups excluding tert-OH is 1. The second kappa shape index (κ2) is 5.89. The second-order valence-electron chi connectivity index (χ2n) is 4.89. The Morgan fingerprint density at radius 2 is 1.90 bits per heavy atom. The van der Waals surface area contributed by atoms with E-state index >= 15 is 0 Å². The molecule has 3 rings (SSSR count). The highest BCUT2D eigenvalue weighted by molar-refractivity contribution is 7.99. The number of benzene rings is 1. The largest absolute Gasteiger partial charge is 0.391 e. The minimum atomic E-state index is 0.0393. The van der Waals surface area contributed by atoms with Crippen molar-refractivity contribution < 1.29 is 5.11 Å². The molecule has 2 aromatic rings. The Kier molecular flexibility index (Phi) is 3.98. The van der Waals surface area contributed by atoms with Crippen LogP contribution in [0, 0.1) is 6.92 Å². The third kappa shape index (κ3) is 2.43. The molecule has 0 radical (unpaired) electrons. The number of para-hydroxylation sites is 1. The molecule has 0 spiro atoms. The average Bonchev–Trinajstić information content (AvgIpc) is 2.85. The number of hydrogen-bond acceptors (Lipinski definition) is 4. The molecule has 0 unspecified atom stereocenters. The fourth-order valence-corrected chi connectivity index (χ4v) is 3.48. The molecule has 5 heteroatoms. The number of aryl methyl sites for hydroxylation is 1. The third-order valence-electron chi connectivity index (χ3n) is 3.63. The highest BCUT2D eigenvalue weighted by atomic mass is 32.2. The van der Waals surface area contributed by atoms with Gasteiger partial charge in [0.05, 0.1) is 18.0 Å². The van der Waals surface area contributed by atoms with E-state index < -0.39 is 0 Å². The normalized spacial score (nSPS) is 15.6. The van der Waals surface area contributed by atoms with Crippen LogP contribution in [0.3, 0.4) is 0 Å². The fraction of sp³-hybridized carbons (Fsp3) is 0.400. The molecular formula is C15H19N3OS. The zero-order valence-electron chi connectivity index (χ0n) is 11.6. The van der Waals surface area contributed by atoms with Gasteiger partial charge in [-0.3, -0.25) is 0 Å². The number of anilines is 1. The molecule has 1 aliphatic heterocycles. The molecule has 2 heterocycles. The van der Waals surface area contributed by atoms with Gasteiger partial charge in [-0.2, -0.15) is 16.9 Å². The van der Waals surface area contributed by atoms with Gasteiger partial charge in [-0.1, -0.05) is 18.2 Å². The molecule has 0 bridgehead atoms. The highest BCUT2D eigenvalue weighted by Crippen LogP contribution is 2.29. The Hall–Kier alpha value is -1.46. The maximum atomic E-state index is 9.70. The van der Waals surface area contributed by atoms with Crippen LogP contribution in [0.5, 0.6) is 0 Å². The minimum Gasteiger partial charge on any atom is -0.391 e. The van der Waals surface area contributed by atoms with E-state index in [0.717, 1.165) is 47.4 Å². The zero-order chi connectivity index (χ0) is 13.9. The molecule has 1 saturated heterocycles. The molecule has 106 valence electrons. The molecule has 1 N–H and O–H groups in total. The van der Waals surface area contributed by atoms with E-state index in [9.17, 15) is 5.11 Å². The predicted octanol–water partition coefficient (Wildman–Crippen LogP) is 2.23. The minimum absolute atomic E-state index is 0.0393. The quantitative estimate of drug-likeness (QED) is 0.941. The van der Waals surface area contributed by atoms with Gasteiger partial charge in [-0.15, -0.1) is 0 Å². The maximum absolute atomic E-state index is 9.70. The Morgan fingerprint density at radius 1 is 1.20 bits per heavy atom. The Bertz CT molecular complexity index is 576. The molecule has 1 aliphatic rings. The van der Waals surface area contributed by atoms with Crippen molar-refractivity contribution in [1.29, 1.82) is 0 Å². The molecule has 4 nitrogen and oxygen atoms in total. The SMILES string of the molecule is Cc1nn(-c2ccccc2)c(N2CCSCC2)c1CO. The van der Waals surface area contributed by atoms with E-state index in [1.807, 2.05) is 41.6 Å². The molecule has 1 fully saturated rings. The third-order valence-corrected chi connectivity index (χ3v) is 4.57. The van der Waals surface area contributed by atoms with Crippen molar-refractivity contribution in [3.63, 3.8) is 0 Å². The summed E-state index contributed by atoms with van der Waals surface area (Å²) in [4.78, 5) is 2.34. The number of aliphatic hydroxyl groups is 1. The summed E-state index contributed by atoms with van der Waals surface area (Å²) in [6.45, 7) is 4.02. The van der Waals surface area contributed by atoms with Gasteiger partial charge in [-0.05, 0) is 19.1 Å². The van der Waals surface area contributed by atoms with Crippen molar-refractivity contribution >= 4 is 17.6 Å². The van der Waals surface area contributed by atoms with Gasteiger partial charge in [-0.25, -0.2) is 4.68 Å². The fourth-order valence-electron chi connectivity index (χ4n) is 2.58. The lowest BCUT2D eigenvalue weighted by Crippen LogP contribution is -2.34. The van der Waals surface area contributed by atoms with Gasteiger partial charge in [0, 0.05) is 30.2 Å². The van der Waals surface area contributed by atoms with E-state index in [0.29, 0.717) is 0 Å². The van der Waals surface area contributed by atoms with E-state index in [4.69, 9.17) is 0 Å². The first kappa shape index (κ1) is 13.5. The van der Waals surface area contributed by atoms with Crippen molar-refractivity contribution in [2.45, 2.75) is 13.5 Å². The standard InChI is InChI=1S/C15H19N3OS/c1-12-14(11-19)15(17-7-9-20-10-8-17)18(16-12)13-5-3-2-4-6-13/h2-6,19H,7-11H2,1H3. The number of aromatic nitrogens is 2. The van der Waals surface area contributed by atoms with Crippen LogP contribution in [0.2, 0.25) is 0 Å². The summed E-state index contributed by atoms with van der Waals surface area (Å²) in [7, 11) is 0. The molecule has 1 aromatic heterocycles. The van der Waals surface area contributed by atoms with E-state index in [1.54, 1.807) is 0 Å². The zero-order valence-corrected chi connectivity index (χ0v) is 12.4. The summed E-state index contributed by atoms with van der Waals surface area (Å²) in [6, 6.07) is 10.1. The molecule has 0 saturated carbocycles. The molecule has 0 aliphatic carbocycles. The lowest BCUT2D eigenvalue weighted by molar-refractivity contribution is 0.281. The van der Waals surface area contributed by atoms with Crippen LogP contribution in [0.4, 0.5) is 5.82 Å². The van der Waals surface area contributed by atoms with Crippen LogP contribution in [-0.4, -0.2) is 39.5 Å². The smallest absolute Gasteiger partial charge is 0.138 e. The van der Waals surface area contributed by atoms with Crippen molar-refractivity contribution in [1.82, 2.24) is 9.78 Å². The number of thioether (sulfide) groups is 1. The predicted molar refractivity (Wildman–Crippen MR) is 83.8 cm³/mol. The van der Waals surface area contributed by atoms with Crippen LogP contribution in [0.15, 0.2) is 30.3 Å². The number of nitrogens with zero attached hydrogens (tertiary/aromatic N) is 3. The second-order valence-corrected chi connectivity index (χ2v) is 6.12. The van der Waals surface area contributed by atoms with Gasteiger partial charge in [0.25, 0.3) is 0 Å². The van der Waals surface area contributed by atoms with Gasteiger partial charge >= 0.3 is 0 Å².